The molecule has 0 unspecified atom stereocenters. The van der Waals surface area contributed by atoms with Gasteiger partial charge in [0.15, 0.2) is 0 Å². The van der Waals surface area contributed by atoms with Gasteiger partial charge in [-0.25, -0.2) is 0 Å². The van der Waals surface area contributed by atoms with Crippen LogP contribution in [0.15, 0.2) is 73.3 Å². The molecule has 4 rings (SSSR count). The molecular formula is C29H32O. The quantitative estimate of drug-likeness (QED) is 0.398. The van der Waals surface area contributed by atoms with E-state index in [-0.39, 0.29) is 5.41 Å². The van der Waals surface area contributed by atoms with Gasteiger partial charge in [0, 0.05) is 11.0 Å². The molecule has 1 heteroatoms. The Morgan fingerprint density at radius 1 is 0.733 bits per heavy atom. The average molecular weight is 397 g/mol. The summed E-state index contributed by atoms with van der Waals surface area (Å²) >= 11 is 0. The van der Waals surface area contributed by atoms with Gasteiger partial charge in [-0.2, -0.15) is 0 Å². The van der Waals surface area contributed by atoms with Crippen molar-refractivity contribution in [3.63, 3.8) is 0 Å². The maximum Gasteiger partial charge on any atom is 0.127 e. The number of aryl methyl sites for hydroxylation is 3. The minimum absolute atomic E-state index is 0.121. The van der Waals surface area contributed by atoms with Crippen LogP contribution < -0.4 is 4.74 Å². The van der Waals surface area contributed by atoms with E-state index in [1.165, 1.54) is 59.9 Å². The summed E-state index contributed by atoms with van der Waals surface area (Å²) in [6.07, 6.45) is 6.34. The first-order chi connectivity index (χ1) is 14.5. The Morgan fingerprint density at radius 2 is 1.33 bits per heavy atom. The third-order valence-electron chi connectivity index (χ3n) is 6.79. The molecule has 0 bridgehead atoms. The van der Waals surface area contributed by atoms with Crippen LogP contribution in [0.4, 0.5) is 0 Å². The van der Waals surface area contributed by atoms with E-state index < -0.39 is 0 Å². The summed E-state index contributed by atoms with van der Waals surface area (Å²) in [6, 6.07) is 24.2. The number of hydrogen-bond acceptors (Lipinski definition) is 1. The molecule has 30 heavy (non-hydrogen) atoms. The first kappa shape index (κ1) is 20.5. The van der Waals surface area contributed by atoms with Crippen LogP contribution in [0.5, 0.6) is 5.75 Å². The number of ether oxygens (including phenoxy) is 1. The van der Waals surface area contributed by atoms with Crippen LogP contribution in [0.3, 0.4) is 0 Å². The molecule has 1 saturated carbocycles. The van der Waals surface area contributed by atoms with Gasteiger partial charge in [-0.1, -0.05) is 79.9 Å². The second kappa shape index (κ2) is 8.52. The monoisotopic (exact) mass is 396 g/mol. The molecule has 154 valence electrons. The summed E-state index contributed by atoms with van der Waals surface area (Å²) in [7, 11) is 0. The molecule has 0 atom stereocenters. The zero-order valence-corrected chi connectivity index (χ0v) is 18.5. The van der Waals surface area contributed by atoms with Gasteiger partial charge in [0.05, 0.1) is 0 Å². The minimum Gasteiger partial charge on any atom is -0.457 e. The molecule has 1 aliphatic carbocycles. The average Bonchev–Trinajstić information content (AvgIpc) is 2.77. The molecular weight excluding hydrogens is 364 g/mol. The summed E-state index contributed by atoms with van der Waals surface area (Å²) < 4.78 is 6.10. The molecule has 0 aromatic heterocycles. The first-order valence-corrected chi connectivity index (χ1v) is 11.1. The highest BCUT2D eigenvalue weighted by Gasteiger charge is 2.35. The summed E-state index contributed by atoms with van der Waals surface area (Å²) in [5, 5.41) is 0. The van der Waals surface area contributed by atoms with Gasteiger partial charge in [-0.15, -0.1) is 0 Å². The fourth-order valence-electron chi connectivity index (χ4n) is 4.73. The largest absolute Gasteiger partial charge is 0.457 e. The molecule has 0 heterocycles. The van der Waals surface area contributed by atoms with Crippen molar-refractivity contribution in [1.29, 1.82) is 0 Å². The lowest BCUT2D eigenvalue weighted by Gasteiger charge is -2.38. The standard InChI is InChI=1S/C29H32O/c1-21-8-12-26(13-9-21)29(18-6-5-7-19-29)27-14-16-28(17-15-27)30-24(4)25-11-10-22(2)23(3)20-25/h8-17,20H,4-7,18-19H2,1-3H3. The molecule has 0 aliphatic heterocycles. The molecule has 0 radical (unpaired) electrons. The van der Waals surface area contributed by atoms with Crippen molar-refractivity contribution in [1.82, 2.24) is 0 Å². The zero-order chi connectivity index (χ0) is 21.1. The van der Waals surface area contributed by atoms with Crippen molar-refractivity contribution >= 4 is 5.76 Å². The summed E-state index contributed by atoms with van der Waals surface area (Å²) in [4.78, 5) is 0. The van der Waals surface area contributed by atoms with E-state index >= 15 is 0 Å². The van der Waals surface area contributed by atoms with Gasteiger partial charge < -0.3 is 4.74 Å². The fourth-order valence-corrected chi connectivity index (χ4v) is 4.73. The molecule has 3 aromatic rings. The van der Waals surface area contributed by atoms with Crippen molar-refractivity contribution in [2.45, 2.75) is 58.3 Å². The first-order valence-electron chi connectivity index (χ1n) is 11.1. The summed E-state index contributed by atoms with van der Waals surface area (Å²) in [6.45, 7) is 10.6. The van der Waals surface area contributed by atoms with Crippen molar-refractivity contribution in [2.75, 3.05) is 0 Å². The van der Waals surface area contributed by atoms with E-state index in [9.17, 15) is 0 Å². The van der Waals surface area contributed by atoms with E-state index in [1.807, 2.05) is 0 Å². The predicted molar refractivity (Wildman–Crippen MR) is 127 cm³/mol. The van der Waals surface area contributed by atoms with Crippen LogP contribution in [0.25, 0.3) is 5.76 Å². The normalized spacial score (nSPS) is 15.6. The highest BCUT2D eigenvalue weighted by Crippen LogP contribution is 2.45. The van der Waals surface area contributed by atoms with Crippen molar-refractivity contribution in [2.24, 2.45) is 0 Å². The third-order valence-corrected chi connectivity index (χ3v) is 6.79. The van der Waals surface area contributed by atoms with Crippen molar-refractivity contribution in [3.8, 4) is 5.75 Å². The van der Waals surface area contributed by atoms with E-state index in [1.54, 1.807) is 0 Å². The van der Waals surface area contributed by atoms with Crippen LogP contribution in [-0.4, -0.2) is 0 Å². The van der Waals surface area contributed by atoms with E-state index in [4.69, 9.17) is 4.74 Å². The lowest BCUT2D eigenvalue weighted by atomic mass is 9.65. The smallest absolute Gasteiger partial charge is 0.127 e. The Bertz CT molecular complexity index is 1020. The van der Waals surface area contributed by atoms with E-state index in [0.717, 1.165) is 11.3 Å². The second-order valence-corrected chi connectivity index (χ2v) is 8.86. The van der Waals surface area contributed by atoms with Gasteiger partial charge in [0.1, 0.15) is 11.5 Å². The molecule has 1 fully saturated rings. The topological polar surface area (TPSA) is 9.23 Å². The van der Waals surface area contributed by atoms with Gasteiger partial charge >= 0.3 is 0 Å². The number of benzene rings is 3. The number of hydrogen-bond donors (Lipinski definition) is 0. The molecule has 0 N–H and O–H groups in total. The highest BCUT2D eigenvalue weighted by atomic mass is 16.5. The van der Waals surface area contributed by atoms with Crippen molar-refractivity contribution < 1.29 is 4.74 Å². The molecule has 1 aliphatic rings. The lowest BCUT2D eigenvalue weighted by molar-refractivity contribution is 0.345. The van der Waals surface area contributed by atoms with Gasteiger partial charge in [-0.3, -0.25) is 0 Å². The lowest BCUT2D eigenvalue weighted by Crippen LogP contribution is -2.30. The van der Waals surface area contributed by atoms with Crippen LogP contribution in [0, 0.1) is 20.8 Å². The SMILES string of the molecule is C=C(Oc1ccc(C2(c3ccc(C)cc3)CCCCC2)cc1)c1ccc(C)c(C)c1. The van der Waals surface area contributed by atoms with Gasteiger partial charge in [-0.05, 0) is 74.1 Å². The van der Waals surface area contributed by atoms with Crippen LogP contribution >= 0.6 is 0 Å². The second-order valence-electron chi connectivity index (χ2n) is 8.86. The molecule has 3 aromatic carbocycles. The Kier molecular flexibility index (Phi) is 5.81. The third kappa shape index (κ3) is 4.07. The molecule has 1 nitrogen and oxygen atoms in total. The Balaban J connectivity index is 1.58. The van der Waals surface area contributed by atoms with Gasteiger partial charge in [0.2, 0.25) is 0 Å². The summed E-state index contributed by atoms with van der Waals surface area (Å²) in [5.41, 5.74) is 7.85. The Hall–Kier alpha value is -2.80. The Labute approximate surface area is 181 Å². The van der Waals surface area contributed by atoms with Gasteiger partial charge in [0.25, 0.3) is 0 Å². The summed E-state index contributed by atoms with van der Waals surface area (Å²) in [5.74, 6) is 1.54. The fraction of sp³-hybridized carbons (Fsp3) is 0.310. The molecule has 0 spiro atoms. The van der Waals surface area contributed by atoms with Crippen molar-refractivity contribution in [3.05, 3.63) is 107 Å². The molecule has 0 saturated heterocycles. The Morgan fingerprint density at radius 3 is 1.93 bits per heavy atom. The maximum atomic E-state index is 6.10. The minimum atomic E-state index is 0.121. The predicted octanol–water partition coefficient (Wildman–Crippen LogP) is 7.91. The maximum absolute atomic E-state index is 6.10. The number of rotatable bonds is 5. The zero-order valence-electron chi connectivity index (χ0n) is 18.5. The van der Waals surface area contributed by atoms with Crippen LogP contribution in [-0.2, 0) is 5.41 Å². The van der Waals surface area contributed by atoms with E-state index in [2.05, 4.69) is 94.1 Å². The highest BCUT2D eigenvalue weighted by molar-refractivity contribution is 5.61. The van der Waals surface area contributed by atoms with Crippen LogP contribution in [0.1, 0.15) is 65.5 Å². The molecule has 0 amide bonds. The van der Waals surface area contributed by atoms with E-state index in [0.29, 0.717) is 5.76 Å². The van der Waals surface area contributed by atoms with Crippen LogP contribution in [0.2, 0.25) is 0 Å².